The molecule has 0 fully saturated rings. The molecule has 0 radical (unpaired) electrons. The minimum atomic E-state index is -0.300. The first-order valence-electron chi connectivity index (χ1n) is 4.93. The number of rotatable bonds is 2. The first kappa shape index (κ1) is 11.9. The average molecular weight is 296 g/mol. The second kappa shape index (κ2) is 4.73. The maximum absolute atomic E-state index is 12.8. The molecule has 2 aromatic carbocycles. The first-order chi connectivity index (χ1) is 8.08. The van der Waals surface area contributed by atoms with Crippen molar-refractivity contribution < 1.29 is 4.39 Å². The molecular weight excluding hydrogens is 285 g/mol. The van der Waals surface area contributed by atoms with E-state index in [-0.39, 0.29) is 5.82 Å². The molecule has 4 N–H and O–H groups in total. The number of nitrogens with two attached hydrogens (primary N) is 2. The molecule has 2 aromatic rings. The van der Waals surface area contributed by atoms with Gasteiger partial charge >= 0.3 is 0 Å². The SMILES string of the molecule is Nc1cc(Br)ccc1N(N)c1ccc(F)cc1. The normalized spacial score (nSPS) is 10.3. The number of nitrogen functional groups attached to an aromatic ring is 1. The molecule has 0 aromatic heterocycles. The lowest BCUT2D eigenvalue weighted by Gasteiger charge is -2.20. The summed E-state index contributed by atoms with van der Waals surface area (Å²) in [6, 6.07) is 11.3. The van der Waals surface area contributed by atoms with E-state index in [1.54, 1.807) is 24.3 Å². The molecule has 3 nitrogen and oxygen atoms in total. The predicted octanol–water partition coefficient (Wildman–Crippen LogP) is 3.18. The lowest BCUT2D eigenvalue weighted by Crippen LogP contribution is -2.25. The summed E-state index contributed by atoms with van der Waals surface area (Å²) in [5, 5.41) is 1.42. The zero-order valence-corrected chi connectivity index (χ0v) is 10.5. The lowest BCUT2D eigenvalue weighted by atomic mass is 10.2. The van der Waals surface area contributed by atoms with Crippen molar-refractivity contribution >= 4 is 33.0 Å². The summed E-state index contributed by atoms with van der Waals surface area (Å²) in [7, 11) is 0. The van der Waals surface area contributed by atoms with Crippen LogP contribution in [0.25, 0.3) is 0 Å². The molecular formula is C12H11BrFN3. The van der Waals surface area contributed by atoms with Crippen molar-refractivity contribution in [2.75, 3.05) is 10.7 Å². The van der Waals surface area contributed by atoms with Gasteiger partial charge < -0.3 is 5.73 Å². The molecule has 0 aliphatic carbocycles. The smallest absolute Gasteiger partial charge is 0.123 e. The van der Waals surface area contributed by atoms with Gasteiger partial charge in [-0.3, -0.25) is 5.01 Å². The van der Waals surface area contributed by atoms with Crippen LogP contribution in [0.15, 0.2) is 46.9 Å². The van der Waals surface area contributed by atoms with Crippen LogP contribution in [0, 0.1) is 5.82 Å². The molecule has 5 heteroatoms. The fourth-order valence-electron chi connectivity index (χ4n) is 1.49. The van der Waals surface area contributed by atoms with E-state index < -0.39 is 0 Å². The van der Waals surface area contributed by atoms with E-state index in [1.807, 2.05) is 6.07 Å². The Morgan fingerprint density at radius 2 is 1.71 bits per heavy atom. The van der Waals surface area contributed by atoms with E-state index in [9.17, 15) is 4.39 Å². The van der Waals surface area contributed by atoms with Crippen LogP contribution < -0.4 is 16.6 Å². The highest BCUT2D eigenvalue weighted by Gasteiger charge is 2.08. The molecule has 0 amide bonds. The van der Waals surface area contributed by atoms with Crippen LogP contribution in [0.2, 0.25) is 0 Å². The number of hydrogen-bond donors (Lipinski definition) is 2. The Labute approximate surface area is 107 Å². The molecule has 0 saturated carbocycles. The standard InChI is InChI=1S/C12H11BrFN3/c13-8-1-6-12(11(15)7-8)17(16)10-4-2-9(14)3-5-10/h1-7H,15-16H2. The highest BCUT2D eigenvalue weighted by atomic mass is 79.9. The van der Waals surface area contributed by atoms with E-state index in [0.717, 1.165) is 4.47 Å². The second-order valence-corrected chi connectivity index (χ2v) is 4.47. The summed E-state index contributed by atoms with van der Waals surface area (Å²) >= 11 is 3.32. The van der Waals surface area contributed by atoms with Gasteiger partial charge in [-0.05, 0) is 42.5 Å². The van der Waals surface area contributed by atoms with E-state index >= 15 is 0 Å². The largest absolute Gasteiger partial charge is 0.397 e. The predicted molar refractivity (Wildman–Crippen MR) is 71.3 cm³/mol. The van der Waals surface area contributed by atoms with Crippen LogP contribution in [0.3, 0.4) is 0 Å². The summed E-state index contributed by atoms with van der Waals surface area (Å²) in [4.78, 5) is 0. The molecule has 0 heterocycles. The quantitative estimate of drug-likeness (QED) is 0.508. The minimum Gasteiger partial charge on any atom is -0.397 e. The van der Waals surface area contributed by atoms with Gasteiger partial charge in [-0.1, -0.05) is 15.9 Å². The van der Waals surface area contributed by atoms with Gasteiger partial charge in [0.2, 0.25) is 0 Å². The fraction of sp³-hybridized carbons (Fsp3) is 0. The van der Waals surface area contributed by atoms with Gasteiger partial charge in [0.15, 0.2) is 0 Å². The summed E-state index contributed by atoms with van der Waals surface area (Å²) in [6.45, 7) is 0. The molecule has 0 aliphatic rings. The summed E-state index contributed by atoms with van der Waals surface area (Å²) in [5.74, 6) is 5.63. The zero-order chi connectivity index (χ0) is 12.4. The van der Waals surface area contributed by atoms with E-state index in [4.69, 9.17) is 11.6 Å². The lowest BCUT2D eigenvalue weighted by molar-refractivity contribution is 0.628. The van der Waals surface area contributed by atoms with Crippen molar-refractivity contribution in [3.8, 4) is 0 Å². The van der Waals surface area contributed by atoms with Crippen molar-refractivity contribution in [1.82, 2.24) is 0 Å². The van der Waals surface area contributed by atoms with Crippen LogP contribution in [-0.2, 0) is 0 Å². The molecule has 0 unspecified atom stereocenters. The van der Waals surface area contributed by atoms with Crippen LogP contribution in [0.1, 0.15) is 0 Å². The highest BCUT2D eigenvalue weighted by molar-refractivity contribution is 9.10. The summed E-state index contributed by atoms with van der Waals surface area (Å²) in [6.07, 6.45) is 0. The van der Waals surface area contributed by atoms with Gasteiger partial charge in [-0.25, -0.2) is 10.2 Å². The third kappa shape index (κ3) is 2.57. The van der Waals surface area contributed by atoms with Crippen molar-refractivity contribution in [3.63, 3.8) is 0 Å². The summed E-state index contributed by atoms with van der Waals surface area (Å²) in [5.41, 5.74) is 7.74. The monoisotopic (exact) mass is 295 g/mol. The van der Waals surface area contributed by atoms with Crippen LogP contribution >= 0.6 is 15.9 Å². The van der Waals surface area contributed by atoms with E-state index in [0.29, 0.717) is 17.1 Å². The van der Waals surface area contributed by atoms with Crippen molar-refractivity contribution in [1.29, 1.82) is 0 Å². The molecule has 17 heavy (non-hydrogen) atoms. The van der Waals surface area contributed by atoms with Gasteiger partial charge in [0, 0.05) is 4.47 Å². The maximum atomic E-state index is 12.8. The van der Waals surface area contributed by atoms with E-state index in [2.05, 4.69) is 15.9 Å². The van der Waals surface area contributed by atoms with Gasteiger partial charge in [-0.15, -0.1) is 0 Å². The Morgan fingerprint density at radius 3 is 2.29 bits per heavy atom. The third-order valence-electron chi connectivity index (χ3n) is 2.35. The third-order valence-corrected chi connectivity index (χ3v) is 2.85. The Hall–Kier alpha value is -1.59. The number of halogens is 2. The van der Waals surface area contributed by atoms with Gasteiger partial charge in [0.1, 0.15) is 5.82 Å². The van der Waals surface area contributed by atoms with Crippen LogP contribution in [0.5, 0.6) is 0 Å². The van der Waals surface area contributed by atoms with Crippen LogP contribution in [0.4, 0.5) is 21.5 Å². The molecule has 0 bridgehead atoms. The molecule has 0 spiro atoms. The maximum Gasteiger partial charge on any atom is 0.123 e. The van der Waals surface area contributed by atoms with Gasteiger partial charge in [-0.2, -0.15) is 0 Å². The van der Waals surface area contributed by atoms with Crippen molar-refractivity contribution in [2.24, 2.45) is 5.84 Å². The molecule has 2 rings (SSSR count). The number of nitrogens with zero attached hydrogens (tertiary/aromatic N) is 1. The average Bonchev–Trinajstić information content (AvgIpc) is 2.29. The fourth-order valence-corrected chi connectivity index (χ4v) is 1.86. The Morgan fingerprint density at radius 1 is 1.06 bits per heavy atom. The van der Waals surface area contributed by atoms with Crippen molar-refractivity contribution in [2.45, 2.75) is 0 Å². The first-order valence-corrected chi connectivity index (χ1v) is 5.72. The van der Waals surface area contributed by atoms with Crippen LogP contribution in [-0.4, -0.2) is 0 Å². The molecule has 0 saturated heterocycles. The number of anilines is 3. The van der Waals surface area contributed by atoms with Crippen molar-refractivity contribution in [3.05, 3.63) is 52.8 Å². The molecule has 88 valence electrons. The Kier molecular flexibility index (Phi) is 3.31. The number of hydrogen-bond acceptors (Lipinski definition) is 3. The minimum absolute atomic E-state index is 0.300. The highest BCUT2D eigenvalue weighted by Crippen LogP contribution is 2.29. The van der Waals surface area contributed by atoms with E-state index in [1.165, 1.54) is 17.1 Å². The Balaban J connectivity index is 2.36. The molecule has 0 atom stereocenters. The number of benzene rings is 2. The second-order valence-electron chi connectivity index (χ2n) is 3.55. The number of hydrazine groups is 1. The molecule has 0 aliphatic heterocycles. The zero-order valence-electron chi connectivity index (χ0n) is 8.90. The topological polar surface area (TPSA) is 55.3 Å². The summed E-state index contributed by atoms with van der Waals surface area (Å²) < 4.78 is 13.7. The van der Waals surface area contributed by atoms with Gasteiger partial charge in [0.25, 0.3) is 0 Å². The van der Waals surface area contributed by atoms with Gasteiger partial charge in [0.05, 0.1) is 17.1 Å². The Bertz CT molecular complexity index is 528.